The van der Waals surface area contributed by atoms with Gasteiger partial charge in [-0.1, -0.05) is 54.1 Å². The standard InChI is InChI=1S/C17H16/c1-12-11-17-15(13(12)2)9-6-10-16(17)14-7-4-3-5-8-14/h3-10H,11H2,1-2H3. The summed E-state index contributed by atoms with van der Waals surface area (Å²) in [6, 6.07) is 17.3. The summed E-state index contributed by atoms with van der Waals surface area (Å²) in [5, 5.41) is 0. The molecule has 1 aliphatic carbocycles. The van der Waals surface area contributed by atoms with Gasteiger partial charge in [-0.2, -0.15) is 0 Å². The van der Waals surface area contributed by atoms with Gasteiger partial charge in [0.1, 0.15) is 0 Å². The van der Waals surface area contributed by atoms with E-state index in [0.29, 0.717) is 0 Å². The van der Waals surface area contributed by atoms with E-state index in [1.807, 2.05) is 0 Å². The highest BCUT2D eigenvalue weighted by molar-refractivity contribution is 5.82. The third-order valence-corrected chi connectivity index (χ3v) is 3.75. The lowest BCUT2D eigenvalue weighted by Crippen LogP contribution is -1.89. The van der Waals surface area contributed by atoms with Crippen LogP contribution < -0.4 is 0 Å². The summed E-state index contributed by atoms with van der Waals surface area (Å²) >= 11 is 0. The predicted octanol–water partition coefficient (Wildman–Crippen LogP) is 4.70. The molecule has 84 valence electrons. The van der Waals surface area contributed by atoms with Crippen LogP contribution in [0.15, 0.2) is 54.1 Å². The molecule has 0 atom stereocenters. The molecule has 0 spiro atoms. The van der Waals surface area contributed by atoms with E-state index in [4.69, 9.17) is 0 Å². The van der Waals surface area contributed by atoms with E-state index in [1.165, 1.54) is 33.4 Å². The van der Waals surface area contributed by atoms with Gasteiger partial charge in [-0.25, -0.2) is 0 Å². The predicted molar refractivity (Wildman–Crippen MR) is 73.9 cm³/mol. The van der Waals surface area contributed by atoms with Crippen molar-refractivity contribution in [2.45, 2.75) is 20.3 Å². The topological polar surface area (TPSA) is 0 Å². The Morgan fingerprint density at radius 2 is 1.47 bits per heavy atom. The third kappa shape index (κ3) is 1.61. The Morgan fingerprint density at radius 3 is 2.24 bits per heavy atom. The van der Waals surface area contributed by atoms with Crippen LogP contribution in [-0.2, 0) is 6.42 Å². The van der Waals surface area contributed by atoms with E-state index in [2.05, 4.69) is 62.4 Å². The van der Waals surface area contributed by atoms with Crippen LogP contribution in [-0.4, -0.2) is 0 Å². The minimum Gasteiger partial charge on any atom is -0.0654 e. The second-order valence-corrected chi connectivity index (χ2v) is 4.78. The van der Waals surface area contributed by atoms with Crippen molar-refractivity contribution in [3.8, 4) is 11.1 Å². The molecular formula is C17H16. The summed E-state index contributed by atoms with van der Waals surface area (Å²) in [4.78, 5) is 0. The molecule has 2 aromatic carbocycles. The Balaban J connectivity index is 2.19. The van der Waals surface area contributed by atoms with Crippen molar-refractivity contribution in [2.75, 3.05) is 0 Å². The number of fused-ring (bicyclic) bond motifs is 1. The monoisotopic (exact) mass is 220 g/mol. The van der Waals surface area contributed by atoms with Gasteiger partial charge in [0.2, 0.25) is 0 Å². The Morgan fingerprint density at radius 1 is 0.765 bits per heavy atom. The molecule has 0 saturated heterocycles. The molecule has 0 aromatic heterocycles. The molecule has 0 heterocycles. The Labute approximate surface area is 103 Å². The van der Waals surface area contributed by atoms with Crippen LogP contribution >= 0.6 is 0 Å². The highest BCUT2D eigenvalue weighted by Gasteiger charge is 2.18. The summed E-state index contributed by atoms with van der Waals surface area (Å²) in [7, 11) is 0. The zero-order valence-corrected chi connectivity index (χ0v) is 10.3. The van der Waals surface area contributed by atoms with E-state index >= 15 is 0 Å². The lowest BCUT2D eigenvalue weighted by Gasteiger charge is -2.09. The second kappa shape index (κ2) is 3.89. The first kappa shape index (κ1) is 10.3. The summed E-state index contributed by atoms with van der Waals surface area (Å²) in [5.74, 6) is 0. The smallest absolute Gasteiger partial charge is 0.00517 e. The van der Waals surface area contributed by atoms with Gasteiger partial charge < -0.3 is 0 Å². The van der Waals surface area contributed by atoms with Crippen molar-refractivity contribution in [1.29, 1.82) is 0 Å². The molecular weight excluding hydrogens is 204 g/mol. The van der Waals surface area contributed by atoms with Gasteiger partial charge in [0.15, 0.2) is 0 Å². The molecule has 17 heavy (non-hydrogen) atoms. The summed E-state index contributed by atoms with van der Waals surface area (Å²) in [6.45, 7) is 4.47. The van der Waals surface area contributed by atoms with Crippen LogP contribution in [0.1, 0.15) is 25.0 Å². The molecule has 0 nitrogen and oxygen atoms in total. The molecule has 0 aliphatic heterocycles. The molecule has 0 bridgehead atoms. The van der Waals surface area contributed by atoms with E-state index in [0.717, 1.165) is 6.42 Å². The summed E-state index contributed by atoms with van der Waals surface area (Å²) in [5.41, 5.74) is 8.60. The number of allylic oxidation sites excluding steroid dienone is 2. The zero-order chi connectivity index (χ0) is 11.8. The van der Waals surface area contributed by atoms with E-state index in [-0.39, 0.29) is 0 Å². The SMILES string of the molecule is CC1=C(C)c2cccc(-c3ccccc3)c2C1. The highest BCUT2D eigenvalue weighted by atomic mass is 14.2. The minimum absolute atomic E-state index is 1.10. The molecule has 0 amide bonds. The average Bonchev–Trinajstić information content (AvgIpc) is 2.67. The first-order valence-electron chi connectivity index (χ1n) is 6.11. The minimum atomic E-state index is 1.10. The van der Waals surface area contributed by atoms with Crippen LogP contribution in [0.5, 0.6) is 0 Å². The van der Waals surface area contributed by atoms with Gasteiger partial charge in [-0.15, -0.1) is 0 Å². The first-order valence-corrected chi connectivity index (χ1v) is 6.11. The summed E-state index contributed by atoms with van der Waals surface area (Å²) < 4.78 is 0. The van der Waals surface area contributed by atoms with Gasteiger partial charge in [0.25, 0.3) is 0 Å². The van der Waals surface area contributed by atoms with E-state index in [1.54, 1.807) is 0 Å². The van der Waals surface area contributed by atoms with Crippen LogP contribution in [0.2, 0.25) is 0 Å². The molecule has 0 radical (unpaired) electrons. The molecule has 3 rings (SSSR count). The maximum absolute atomic E-state index is 2.24. The molecule has 0 unspecified atom stereocenters. The van der Waals surface area contributed by atoms with Gasteiger partial charge in [0.05, 0.1) is 0 Å². The molecule has 0 fully saturated rings. The van der Waals surface area contributed by atoms with Gasteiger partial charge in [-0.05, 0) is 48.1 Å². The Bertz CT molecular complexity index is 589. The van der Waals surface area contributed by atoms with Gasteiger partial charge in [-0.3, -0.25) is 0 Å². The lowest BCUT2D eigenvalue weighted by molar-refractivity contribution is 1.19. The molecule has 2 aromatic rings. The largest absolute Gasteiger partial charge is 0.0654 e. The van der Waals surface area contributed by atoms with Gasteiger partial charge >= 0.3 is 0 Å². The molecule has 0 N–H and O–H groups in total. The van der Waals surface area contributed by atoms with Gasteiger partial charge in [0, 0.05) is 0 Å². The highest BCUT2D eigenvalue weighted by Crippen LogP contribution is 2.38. The van der Waals surface area contributed by atoms with Crippen molar-refractivity contribution in [1.82, 2.24) is 0 Å². The van der Waals surface area contributed by atoms with Crippen molar-refractivity contribution >= 4 is 5.57 Å². The van der Waals surface area contributed by atoms with Crippen LogP contribution in [0.4, 0.5) is 0 Å². The average molecular weight is 220 g/mol. The number of hydrogen-bond acceptors (Lipinski definition) is 0. The fraction of sp³-hybridized carbons (Fsp3) is 0.176. The molecule has 0 saturated carbocycles. The van der Waals surface area contributed by atoms with Crippen molar-refractivity contribution in [3.63, 3.8) is 0 Å². The van der Waals surface area contributed by atoms with Crippen molar-refractivity contribution in [2.24, 2.45) is 0 Å². The van der Waals surface area contributed by atoms with E-state index in [9.17, 15) is 0 Å². The maximum Gasteiger partial charge on any atom is -0.00517 e. The maximum atomic E-state index is 2.24. The number of benzene rings is 2. The van der Waals surface area contributed by atoms with Crippen LogP contribution in [0.3, 0.4) is 0 Å². The number of hydrogen-bond donors (Lipinski definition) is 0. The van der Waals surface area contributed by atoms with E-state index < -0.39 is 0 Å². The third-order valence-electron chi connectivity index (χ3n) is 3.75. The lowest BCUT2D eigenvalue weighted by atomic mass is 9.95. The van der Waals surface area contributed by atoms with Crippen LogP contribution in [0, 0.1) is 0 Å². The summed E-state index contributed by atoms with van der Waals surface area (Å²) in [6.07, 6.45) is 1.10. The molecule has 0 heteroatoms. The van der Waals surface area contributed by atoms with Crippen molar-refractivity contribution < 1.29 is 0 Å². The Kier molecular flexibility index (Phi) is 2.36. The molecule has 1 aliphatic rings. The fourth-order valence-electron chi connectivity index (χ4n) is 2.64. The normalized spacial score (nSPS) is 14.0. The first-order chi connectivity index (χ1) is 8.27. The number of rotatable bonds is 1. The zero-order valence-electron chi connectivity index (χ0n) is 10.3. The quantitative estimate of drug-likeness (QED) is 0.653. The fourth-order valence-corrected chi connectivity index (χ4v) is 2.64. The Hall–Kier alpha value is -1.82. The van der Waals surface area contributed by atoms with Crippen molar-refractivity contribution in [3.05, 3.63) is 65.2 Å². The van der Waals surface area contributed by atoms with Crippen LogP contribution in [0.25, 0.3) is 16.7 Å². The second-order valence-electron chi connectivity index (χ2n) is 4.78.